The van der Waals surface area contributed by atoms with E-state index in [4.69, 9.17) is 4.74 Å². The summed E-state index contributed by atoms with van der Waals surface area (Å²) in [7, 11) is 0. The van der Waals surface area contributed by atoms with Crippen LogP contribution < -0.4 is 5.32 Å². The molecule has 0 radical (unpaired) electrons. The Morgan fingerprint density at radius 3 is 2.77 bits per heavy atom. The highest BCUT2D eigenvalue weighted by atomic mass is 16.5. The number of rotatable bonds is 2. The largest absolute Gasteiger partial charge is 0.453 e. The first kappa shape index (κ1) is 14.3. The lowest BCUT2D eigenvalue weighted by atomic mass is 9.92. The van der Waals surface area contributed by atoms with Crippen molar-refractivity contribution in [3.63, 3.8) is 0 Å². The van der Waals surface area contributed by atoms with E-state index >= 15 is 0 Å². The van der Waals surface area contributed by atoms with Gasteiger partial charge in [-0.15, -0.1) is 0 Å². The van der Waals surface area contributed by atoms with Crippen molar-refractivity contribution < 1.29 is 14.3 Å². The number of carbonyl (C=O) groups is 2. The number of allylic oxidation sites excluding steroid dienone is 2. The number of ether oxygens (including phenoxy) is 1. The Hall–Kier alpha value is -2.62. The van der Waals surface area contributed by atoms with Crippen LogP contribution in [-0.4, -0.2) is 18.0 Å². The van der Waals surface area contributed by atoms with Crippen molar-refractivity contribution in [1.29, 1.82) is 0 Å². The first-order valence-corrected chi connectivity index (χ1v) is 7.21. The molecule has 0 spiro atoms. The van der Waals surface area contributed by atoms with Gasteiger partial charge in [0.2, 0.25) is 0 Å². The van der Waals surface area contributed by atoms with E-state index in [0.717, 1.165) is 11.1 Å². The number of esters is 1. The molecule has 0 aromatic heterocycles. The lowest BCUT2D eigenvalue weighted by Gasteiger charge is -2.27. The minimum absolute atomic E-state index is 0.0575. The van der Waals surface area contributed by atoms with Crippen LogP contribution in [0.5, 0.6) is 0 Å². The molecule has 112 valence electrons. The highest BCUT2D eigenvalue weighted by Crippen LogP contribution is 2.26. The van der Waals surface area contributed by atoms with Crippen LogP contribution in [-0.2, 0) is 14.3 Å². The van der Waals surface area contributed by atoms with Crippen LogP contribution in [0.2, 0.25) is 0 Å². The van der Waals surface area contributed by atoms with E-state index in [2.05, 4.69) is 5.32 Å². The Morgan fingerprint density at radius 2 is 1.95 bits per heavy atom. The number of aryl methyl sites for hydroxylation is 1. The lowest BCUT2D eigenvalue weighted by molar-refractivity contribution is -0.145. The molecule has 0 unspecified atom stereocenters. The summed E-state index contributed by atoms with van der Waals surface area (Å²) in [4.78, 5) is 24.4. The summed E-state index contributed by atoms with van der Waals surface area (Å²) in [6.07, 6.45) is 8.83. The first-order valence-electron chi connectivity index (χ1n) is 7.21. The van der Waals surface area contributed by atoms with Crippen LogP contribution in [0, 0.1) is 19.8 Å². The summed E-state index contributed by atoms with van der Waals surface area (Å²) >= 11 is 0. The van der Waals surface area contributed by atoms with Gasteiger partial charge >= 0.3 is 5.97 Å². The number of hydrogen-bond donors (Lipinski definition) is 1. The van der Waals surface area contributed by atoms with Gasteiger partial charge in [-0.2, -0.15) is 0 Å². The fourth-order valence-electron chi connectivity index (χ4n) is 2.56. The van der Waals surface area contributed by atoms with Gasteiger partial charge in [-0.05, 0) is 37.1 Å². The third kappa shape index (κ3) is 2.60. The van der Waals surface area contributed by atoms with E-state index < -0.39 is 11.9 Å². The fourth-order valence-corrected chi connectivity index (χ4v) is 2.56. The van der Waals surface area contributed by atoms with E-state index in [1.807, 2.05) is 56.4 Å². The first-order chi connectivity index (χ1) is 10.6. The number of nitrogens with one attached hydrogen (secondary N) is 1. The maximum absolute atomic E-state index is 12.4. The van der Waals surface area contributed by atoms with Gasteiger partial charge in [-0.25, -0.2) is 4.79 Å². The molecule has 2 atom stereocenters. The summed E-state index contributed by atoms with van der Waals surface area (Å²) in [6, 6.07) is 5.67. The van der Waals surface area contributed by atoms with Crippen LogP contribution in [0.15, 0.2) is 54.2 Å². The molecule has 22 heavy (non-hydrogen) atoms. The molecule has 0 fully saturated rings. The van der Waals surface area contributed by atoms with Crippen molar-refractivity contribution in [3.8, 4) is 0 Å². The van der Waals surface area contributed by atoms with Crippen LogP contribution >= 0.6 is 0 Å². The molecule has 1 aliphatic heterocycles. The average Bonchev–Trinajstić information content (AvgIpc) is 2.51. The second-order valence-corrected chi connectivity index (χ2v) is 5.50. The summed E-state index contributed by atoms with van der Waals surface area (Å²) in [5.74, 6) is -1.09. The van der Waals surface area contributed by atoms with Gasteiger partial charge in [0.1, 0.15) is 11.7 Å². The third-order valence-corrected chi connectivity index (χ3v) is 4.04. The Balaban J connectivity index is 1.84. The smallest absolute Gasteiger partial charge is 0.344 e. The number of anilines is 1. The summed E-state index contributed by atoms with van der Waals surface area (Å²) < 4.78 is 5.31. The van der Waals surface area contributed by atoms with E-state index in [0.29, 0.717) is 5.69 Å². The topological polar surface area (TPSA) is 55.4 Å². The Morgan fingerprint density at radius 1 is 1.18 bits per heavy atom. The molecule has 3 rings (SSSR count). The van der Waals surface area contributed by atoms with E-state index in [9.17, 15) is 9.59 Å². The SMILES string of the molecule is Cc1cccc(NC(=O)C2=C[C@@H]3C=CC=C[C@@H]3OC2=O)c1C. The van der Waals surface area contributed by atoms with Crippen molar-refractivity contribution in [2.75, 3.05) is 5.32 Å². The van der Waals surface area contributed by atoms with Crippen LogP contribution in [0.3, 0.4) is 0 Å². The van der Waals surface area contributed by atoms with Crippen LogP contribution in [0.4, 0.5) is 5.69 Å². The fraction of sp³-hybridized carbons (Fsp3) is 0.222. The highest BCUT2D eigenvalue weighted by molar-refractivity contribution is 6.21. The minimum Gasteiger partial charge on any atom is -0.453 e. The van der Waals surface area contributed by atoms with Crippen LogP contribution in [0.25, 0.3) is 0 Å². The molecular weight excluding hydrogens is 278 g/mol. The molecule has 4 nitrogen and oxygen atoms in total. The highest BCUT2D eigenvalue weighted by Gasteiger charge is 2.32. The maximum Gasteiger partial charge on any atom is 0.344 e. The molecule has 1 heterocycles. The molecule has 4 heteroatoms. The monoisotopic (exact) mass is 295 g/mol. The Labute approximate surface area is 129 Å². The van der Waals surface area contributed by atoms with Gasteiger partial charge in [-0.1, -0.05) is 36.4 Å². The normalized spacial score (nSPS) is 22.6. The molecule has 0 saturated heterocycles. The zero-order chi connectivity index (χ0) is 15.7. The van der Waals surface area contributed by atoms with E-state index in [1.165, 1.54) is 0 Å². The van der Waals surface area contributed by atoms with Gasteiger partial charge in [0.05, 0.1) is 0 Å². The zero-order valence-corrected chi connectivity index (χ0v) is 12.5. The molecule has 1 aromatic rings. The van der Waals surface area contributed by atoms with Gasteiger partial charge in [0.15, 0.2) is 0 Å². The Bertz CT molecular complexity index is 728. The standard InChI is InChI=1S/C18H17NO3/c1-11-6-5-8-15(12(11)2)19-17(20)14-10-13-7-3-4-9-16(13)22-18(14)21/h3-10,13,16H,1-2H3,(H,19,20)/t13-,16-/m0/s1. The van der Waals surface area contributed by atoms with Crippen molar-refractivity contribution in [2.24, 2.45) is 5.92 Å². The summed E-state index contributed by atoms with van der Waals surface area (Å²) in [5, 5.41) is 2.80. The van der Waals surface area contributed by atoms with Crippen molar-refractivity contribution >= 4 is 17.6 Å². The predicted octanol–water partition coefficient (Wildman–Crippen LogP) is 2.84. The molecule has 1 aliphatic carbocycles. The van der Waals surface area contributed by atoms with Crippen LogP contribution in [0.1, 0.15) is 11.1 Å². The molecule has 1 aromatic carbocycles. The van der Waals surface area contributed by atoms with Gasteiger partial charge in [-0.3, -0.25) is 4.79 Å². The molecule has 2 aliphatic rings. The van der Waals surface area contributed by atoms with Crippen molar-refractivity contribution in [2.45, 2.75) is 20.0 Å². The zero-order valence-electron chi connectivity index (χ0n) is 12.5. The van der Waals surface area contributed by atoms with Gasteiger partial charge < -0.3 is 10.1 Å². The number of amides is 1. The Kier molecular flexibility index (Phi) is 3.67. The summed E-state index contributed by atoms with van der Waals surface area (Å²) in [5.41, 5.74) is 2.83. The third-order valence-electron chi connectivity index (χ3n) is 4.04. The predicted molar refractivity (Wildman–Crippen MR) is 84.3 cm³/mol. The molecule has 0 bridgehead atoms. The van der Waals surface area contributed by atoms with Crippen molar-refractivity contribution in [1.82, 2.24) is 0 Å². The number of carbonyl (C=O) groups excluding carboxylic acids is 2. The number of fused-ring (bicyclic) bond motifs is 1. The minimum atomic E-state index is -0.580. The second-order valence-electron chi connectivity index (χ2n) is 5.50. The van der Waals surface area contributed by atoms with Gasteiger partial charge in [0.25, 0.3) is 5.91 Å². The number of hydrogen-bond acceptors (Lipinski definition) is 3. The van der Waals surface area contributed by atoms with Gasteiger partial charge in [0, 0.05) is 11.6 Å². The number of benzene rings is 1. The summed E-state index contributed by atoms with van der Waals surface area (Å²) in [6.45, 7) is 3.91. The lowest BCUT2D eigenvalue weighted by Crippen LogP contribution is -2.34. The van der Waals surface area contributed by atoms with E-state index in [1.54, 1.807) is 6.08 Å². The molecular formula is C18H17NO3. The quantitative estimate of drug-likeness (QED) is 0.674. The van der Waals surface area contributed by atoms with Crippen molar-refractivity contribution in [3.05, 3.63) is 65.3 Å². The maximum atomic E-state index is 12.4. The molecule has 0 saturated carbocycles. The average molecular weight is 295 g/mol. The molecule has 1 amide bonds. The molecule has 1 N–H and O–H groups in total. The second kappa shape index (κ2) is 5.64. The van der Waals surface area contributed by atoms with E-state index in [-0.39, 0.29) is 17.6 Å².